The van der Waals surface area contributed by atoms with Crippen LogP contribution < -0.4 is 16.0 Å². The Bertz CT molecular complexity index is 459. The van der Waals surface area contributed by atoms with Crippen molar-refractivity contribution in [2.24, 2.45) is 5.73 Å². The average Bonchev–Trinajstić information content (AvgIpc) is 2.39. The zero-order valence-corrected chi connectivity index (χ0v) is 11.2. The van der Waals surface area contributed by atoms with E-state index < -0.39 is 0 Å². The van der Waals surface area contributed by atoms with Gasteiger partial charge in [-0.05, 0) is 30.5 Å². The Morgan fingerprint density at radius 2 is 2.00 bits per heavy atom. The Hall–Kier alpha value is -1.55. The third-order valence-electron chi connectivity index (χ3n) is 4.58. The maximum Gasteiger partial charge on any atom is 0.239 e. The summed E-state index contributed by atoms with van der Waals surface area (Å²) in [4.78, 5) is 13.5. The van der Waals surface area contributed by atoms with E-state index in [0.29, 0.717) is 6.54 Å². The maximum absolute atomic E-state index is 11.4. The fourth-order valence-electron chi connectivity index (χ4n) is 3.10. The predicted octanol–water partition coefficient (Wildman–Crippen LogP) is 1.00. The van der Waals surface area contributed by atoms with E-state index in [1.54, 1.807) is 0 Å². The molecule has 1 saturated carbocycles. The summed E-state index contributed by atoms with van der Waals surface area (Å²) in [5.74, 6) is 0.104. The van der Waals surface area contributed by atoms with Crippen LogP contribution in [0.25, 0.3) is 0 Å². The first-order valence-electron chi connectivity index (χ1n) is 7.06. The van der Waals surface area contributed by atoms with Gasteiger partial charge in [-0.15, -0.1) is 0 Å². The van der Waals surface area contributed by atoms with Crippen LogP contribution in [-0.4, -0.2) is 32.1 Å². The van der Waals surface area contributed by atoms with Gasteiger partial charge in [-0.3, -0.25) is 4.79 Å². The summed E-state index contributed by atoms with van der Waals surface area (Å²) < 4.78 is 0. The van der Waals surface area contributed by atoms with Crippen LogP contribution in [0.5, 0.6) is 0 Å². The van der Waals surface area contributed by atoms with Gasteiger partial charge >= 0.3 is 0 Å². The topological polar surface area (TPSA) is 58.4 Å². The van der Waals surface area contributed by atoms with Gasteiger partial charge in [-0.25, -0.2) is 0 Å². The molecule has 4 heteroatoms. The molecule has 0 bridgehead atoms. The molecule has 1 aromatic carbocycles. The van der Waals surface area contributed by atoms with Crippen molar-refractivity contribution < 1.29 is 4.79 Å². The number of amides is 1. The molecule has 0 radical (unpaired) electrons. The van der Waals surface area contributed by atoms with Crippen molar-refractivity contribution in [3.8, 4) is 0 Å². The lowest BCUT2D eigenvalue weighted by molar-refractivity contribution is -0.120. The SMILES string of the molecule is NCC1(c2ccc(N3CCNC(=O)C3)cc2)CCC1. The molecule has 0 unspecified atom stereocenters. The number of carbonyl (C=O) groups is 1. The normalized spacial score (nSPS) is 21.7. The fraction of sp³-hybridized carbons (Fsp3) is 0.533. The van der Waals surface area contributed by atoms with Gasteiger partial charge in [0.15, 0.2) is 0 Å². The van der Waals surface area contributed by atoms with Crippen molar-refractivity contribution in [3.05, 3.63) is 29.8 Å². The third-order valence-corrected chi connectivity index (χ3v) is 4.58. The fourth-order valence-corrected chi connectivity index (χ4v) is 3.10. The van der Waals surface area contributed by atoms with Gasteiger partial charge in [0.1, 0.15) is 0 Å². The molecule has 1 saturated heterocycles. The number of nitrogens with one attached hydrogen (secondary N) is 1. The van der Waals surface area contributed by atoms with Gasteiger partial charge < -0.3 is 16.0 Å². The average molecular weight is 259 g/mol. The first-order chi connectivity index (χ1) is 9.23. The number of hydrogen-bond acceptors (Lipinski definition) is 3. The van der Waals surface area contributed by atoms with Crippen LogP contribution in [0.1, 0.15) is 24.8 Å². The van der Waals surface area contributed by atoms with Crippen molar-refractivity contribution in [1.82, 2.24) is 5.32 Å². The molecule has 2 aliphatic rings. The highest BCUT2D eigenvalue weighted by atomic mass is 16.2. The predicted molar refractivity (Wildman–Crippen MR) is 76.2 cm³/mol. The van der Waals surface area contributed by atoms with Crippen LogP contribution in [0.15, 0.2) is 24.3 Å². The van der Waals surface area contributed by atoms with Gasteiger partial charge in [0.25, 0.3) is 0 Å². The van der Waals surface area contributed by atoms with E-state index in [0.717, 1.165) is 25.3 Å². The Morgan fingerprint density at radius 1 is 1.26 bits per heavy atom. The third kappa shape index (κ3) is 2.21. The number of piperazine rings is 1. The van der Waals surface area contributed by atoms with E-state index in [9.17, 15) is 4.79 Å². The Kier molecular flexibility index (Phi) is 3.19. The second-order valence-electron chi connectivity index (χ2n) is 5.66. The highest BCUT2D eigenvalue weighted by Crippen LogP contribution is 2.43. The molecular formula is C15H21N3O. The lowest BCUT2D eigenvalue weighted by Gasteiger charge is -2.41. The molecule has 1 aromatic rings. The molecule has 1 amide bonds. The zero-order valence-electron chi connectivity index (χ0n) is 11.2. The van der Waals surface area contributed by atoms with E-state index >= 15 is 0 Å². The number of carbonyl (C=O) groups excluding carboxylic acids is 1. The van der Waals surface area contributed by atoms with E-state index in [2.05, 4.69) is 34.5 Å². The second-order valence-corrected chi connectivity index (χ2v) is 5.66. The van der Waals surface area contributed by atoms with Crippen LogP contribution in [0.4, 0.5) is 5.69 Å². The monoisotopic (exact) mass is 259 g/mol. The molecule has 2 fully saturated rings. The molecule has 0 atom stereocenters. The molecule has 1 aliphatic heterocycles. The summed E-state index contributed by atoms with van der Waals surface area (Å²) >= 11 is 0. The molecule has 1 heterocycles. The minimum Gasteiger partial charge on any atom is -0.360 e. The van der Waals surface area contributed by atoms with Crippen molar-refractivity contribution in [2.45, 2.75) is 24.7 Å². The first-order valence-corrected chi connectivity index (χ1v) is 7.06. The number of anilines is 1. The molecule has 102 valence electrons. The van der Waals surface area contributed by atoms with E-state index in [1.165, 1.54) is 24.8 Å². The molecule has 0 spiro atoms. The van der Waals surface area contributed by atoms with Crippen molar-refractivity contribution in [2.75, 3.05) is 31.1 Å². The minimum absolute atomic E-state index is 0.104. The lowest BCUT2D eigenvalue weighted by Crippen LogP contribution is -2.47. The molecule has 1 aliphatic carbocycles. The van der Waals surface area contributed by atoms with E-state index in [1.807, 2.05) is 0 Å². The standard InChI is InChI=1S/C15H21N3O/c16-11-15(6-1-7-15)12-2-4-13(5-3-12)18-9-8-17-14(19)10-18/h2-5H,1,6-11,16H2,(H,17,19). The Morgan fingerprint density at radius 3 is 2.53 bits per heavy atom. The minimum atomic E-state index is 0.104. The summed E-state index contributed by atoms with van der Waals surface area (Å²) in [5, 5.41) is 2.85. The summed E-state index contributed by atoms with van der Waals surface area (Å²) in [6.07, 6.45) is 3.69. The zero-order chi connectivity index (χ0) is 13.3. The highest BCUT2D eigenvalue weighted by Gasteiger charge is 2.37. The smallest absolute Gasteiger partial charge is 0.239 e. The van der Waals surface area contributed by atoms with E-state index in [-0.39, 0.29) is 11.3 Å². The second kappa shape index (κ2) is 4.85. The molecule has 19 heavy (non-hydrogen) atoms. The molecule has 0 aromatic heterocycles. The largest absolute Gasteiger partial charge is 0.360 e. The number of hydrogen-bond donors (Lipinski definition) is 2. The molecule has 3 N–H and O–H groups in total. The number of nitrogens with zero attached hydrogens (tertiary/aromatic N) is 1. The van der Waals surface area contributed by atoms with Gasteiger partial charge in [0, 0.05) is 30.7 Å². The maximum atomic E-state index is 11.4. The summed E-state index contributed by atoms with van der Waals surface area (Å²) in [6.45, 7) is 2.81. The summed E-state index contributed by atoms with van der Waals surface area (Å²) in [7, 11) is 0. The molecule has 4 nitrogen and oxygen atoms in total. The van der Waals surface area contributed by atoms with Crippen molar-refractivity contribution in [1.29, 1.82) is 0 Å². The van der Waals surface area contributed by atoms with Crippen LogP contribution in [-0.2, 0) is 10.2 Å². The highest BCUT2D eigenvalue weighted by molar-refractivity contribution is 5.82. The number of benzene rings is 1. The van der Waals surface area contributed by atoms with Crippen LogP contribution in [0.2, 0.25) is 0 Å². The summed E-state index contributed by atoms with van der Waals surface area (Å²) in [6, 6.07) is 8.63. The van der Waals surface area contributed by atoms with E-state index in [4.69, 9.17) is 5.73 Å². The van der Waals surface area contributed by atoms with Gasteiger partial charge in [0.2, 0.25) is 5.91 Å². The van der Waals surface area contributed by atoms with Gasteiger partial charge in [0.05, 0.1) is 6.54 Å². The van der Waals surface area contributed by atoms with Crippen molar-refractivity contribution >= 4 is 11.6 Å². The Balaban J connectivity index is 1.77. The molecular weight excluding hydrogens is 238 g/mol. The van der Waals surface area contributed by atoms with Gasteiger partial charge in [-0.1, -0.05) is 18.6 Å². The first kappa shape index (κ1) is 12.5. The van der Waals surface area contributed by atoms with Crippen molar-refractivity contribution in [3.63, 3.8) is 0 Å². The number of rotatable bonds is 3. The summed E-state index contributed by atoms with van der Waals surface area (Å²) in [5.41, 5.74) is 8.64. The van der Waals surface area contributed by atoms with Crippen LogP contribution >= 0.6 is 0 Å². The Labute approximate surface area is 114 Å². The number of nitrogens with two attached hydrogens (primary N) is 1. The molecule has 3 rings (SSSR count). The van der Waals surface area contributed by atoms with Gasteiger partial charge in [-0.2, -0.15) is 0 Å². The van der Waals surface area contributed by atoms with Crippen LogP contribution in [0.3, 0.4) is 0 Å². The quantitative estimate of drug-likeness (QED) is 0.851. The lowest BCUT2D eigenvalue weighted by atomic mass is 9.64. The van der Waals surface area contributed by atoms with Crippen LogP contribution in [0, 0.1) is 0 Å².